The van der Waals surface area contributed by atoms with Crippen molar-refractivity contribution in [3.05, 3.63) is 35.8 Å². The van der Waals surface area contributed by atoms with Crippen LogP contribution in [0.1, 0.15) is 30.7 Å². The monoisotopic (exact) mass is 315 g/mol. The summed E-state index contributed by atoms with van der Waals surface area (Å²) in [6.07, 6.45) is 1.99. The van der Waals surface area contributed by atoms with Crippen LogP contribution in [-0.4, -0.2) is 45.3 Å². The molecule has 0 radical (unpaired) electrons. The average molecular weight is 315 g/mol. The van der Waals surface area contributed by atoms with Crippen LogP contribution in [0.2, 0.25) is 0 Å². The number of H-pyrrole nitrogens is 2. The number of fused-ring (bicyclic) bond motifs is 1. The molecule has 0 aliphatic carbocycles. The fraction of sp³-hybridized carbons (Fsp3) is 0.333. The van der Waals surface area contributed by atoms with E-state index < -0.39 is 0 Å². The molecule has 0 saturated carbocycles. The van der Waals surface area contributed by atoms with E-state index in [9.17, 15) is 4.79 Å². The molecule has 0 fully saturated rings. The van der Waals surface area contributed by atoms with Crippen LogP contribution >= 0.6 is 0 Å². The van der Waals surface area contributed by atoms with Crippen molar-refractivity contribution >= 4 is 16.9 Å². The Labute approximate surface area is 132 Å². The Bertz CT molecular complexity index is 797. The molecule has 0 saturated heterocycles. The van der Waals surface area contributed by atoms with E-state index in [1.807, 2.05) is 24.4 Å². The second kappa shape index (κ2) is 6.47. The number of aromatic amines is 2. The lowest BCUT2D eigenvalue weighted by molar-refractivity contribution is -0.143. The van der Waals surface area contributed by atoms with Crippen molar-refractivity contribution in [3.8, 4) is 5.75 Å². The van der Waals surface area contributed by atoms with Crippen LogP contribution in [0.4, 0.5) is 0 Å². The van der Waals surface area contributed by atoms with E-state index in [0.29, 0.717) is 12.4 Å². The predicted octanol–water partition coefficient (Wildman–Crippen LogP) is 1.77. The number of nitrogens with zero attached hydrogens (tertiary/aromatic N) is 3. The number of ether oxygens (including phenoxy) is 2. The Morgan fingerprint density at radius 1 is 1.39 bits per heavy atom. The van der Waals surface area contributed by atoms with E-state index in [2.05, 4.69) is 25.6 Å². The highest BCUT2D eigenvalue weighted by molar-refractivity contribution is 5.86. The molecule has 3 rings (SSSR count). The minimum Gasteiger partial charge on any atom is -0.497 e. The molecule has 3 aromatic rings. The number of carbonyl (C=O) groups is 1. The van der Waals surface area contributed by atoms with Gasteiger partial charge in [0.1, 0.15) is 5.75 Å². The van der Waals surface area contributed by atoms with Gasteiger partial charge >= 0.3 is 5.97 Å². The van der Waals surface area contributed by atoms with E-state index in [4.69, 9.17) is 9.47 Å². The number of carbonyl (C=O) groups excluding carboxylic acids is 1. The average Bonchev–Trinajstić information content (AvgIpc) is 3.22. The van der Waals surface area contributed by atoms with Gasteiger partial charge < -0.3 is 14.5 Å². The SMILES string of the molecule is CCOC(=O)CC(c1nn[nH]n1)c1c[nH]c2ccc(OC)cc12. The highest BCUT2D eigenvalue weighted by Crippen LogP contribution is 2.33. The molecular weight excluding hydrogens is 298 g/mol. The zero-order valence-electron chi connectivity index (χ0n) is 12.9. The first-order valence-electron chi connectivity index (χ1n) is 7.27. The van der Waals surface area contributed by atoms with E-state index in [-0.39, 0.29) is 18.3 Å². The first-order valence-corrected chi connectivity index (χ1v) is 7.27. The molecule has 1 atom stereocenters. The van der Waals surface area contributed by atoms with Crippen LogP contribution in [0.15, 0.2) is 24.4 Å². The van der Waals surface area contributed by atoms with Crippen molar-refractivity contribution in [3.63, 3.8) is 0 Å². The summed E-state index contributed by atoms with van der Waals surface area (Å²) < 4.78 is 10.3. The maximum atomic E-state index is 12.0. The molecule has 1 unspecified atom stereocenters. The summed E-state index contributed by atoms with van der Waals surface area (Å²) >= 11 is 0. The minimum atomic E-state index is -0.353. The molecule has 8 nitrogen and oxygen atoms in total. The molecular formula is C15H17N5O3. The van der Waals surface area contributed by atoms with Gasteiger partial charge in [-0.2, -0.15) is 5.21 Å². The normalized spacial score (nSPS) is 12.3. The minimum absolute atomic E-state index is 0.136. The van der Waals surface area contributed by atoms with Gasteiger partial charge in [0.25, 0.3) is 0 Å². The predicted molar refractivity (Wildman–Crippen MR) is 82.1 cm³/mol. The molecule has 2 N–H and O–H groups in total. The smallest absolute Gasteiger partial charge is 0.306 e. The third kappa shape index (κ3) is 3.01. The molecule has 2 heterocycles. The Morgan fingerprint density at radius 2 is 2.26 bits per heavy atom. The highest BCUT2D eigenvalue weighted by atomic mass is 16.5. The number of methoxy groups -OCH3 is 1. The Morgan fingerprint density at radius 3 is 2.96 bits per heavy atom. The van der Waals surface area contributed by atoms with Crippen LogP contribution in [0.5, 0.6) is 5.75 Å². The van der Waals surface area contributed by atoms with Gasteiger partial charge in [-0.25, -0.2) is 0 Å². The van der Waals surface area contributed by atoms with Gasteiger partial charge in [0.05, 0.1) is 26.1 Å². The fourth-order valence-corrected chi connectivity index (χ4v) is 2.58. The van der Waals surface area contributed by atoms with Crippen LogP contribution in [-0.2, 0) is 9.53 Å². The number of rotatable bonds is 6. The number of tetrazole rings is 1. The zero-order valence-corrected chi connectivity index (χ0v) is 12.9. The number of benzene rings is 1. The molecule has 23 heavy (non-hydrogen) atoms. The summed E-state index contributed by atoms with van der Waals surface area (Å²) in [4.78, 5) is 15.2. The van der Waals surface area contributed by atoms with Gasteiger partial charge in [0, 0.05) is 17.1 Å². The van der Waals surface area contributed by atoms with Crippen molar-refractivity contribution in [2.24, 2.45) is 0 Å². The topological polar surface area (TPSA) is 106 Å². The van der Waals surface area contributed by atoms with E-state index in [1.54, 1.807) is 14.0 Å². The molecule has 2 aromatic heterocycles. The third-order valence-electron chi connectivity index (χ3n) is 3.65. The molecule has 0 aliphatic rings. The lowest BCUT2D eigenvalue weighted by Crippen LogP contribution is -2.12. The second-order valence-corrected chi connectivity index (χ2v) is 4.99. The lowest BCUT2D eigenvalue weighted by atomic mass is 9.94. The Balaban J connectivity index is 2.04. The van der Waals surface area contributed by atoms with E-state index in [0.717, 1.165) is 22.2 Å². The number of nitrogens with one attached hydrogen (secondary N) is 2. The summed E-state index contributed by atoms with van der Waals surface area (Å²) in [7, 11) is 1.61. The Hall–Kier alpha value is -2.90. The fourth-order valence-electron chi connectivity index (χ4n) is 2.58. The van der Waals surface area contributed by atoms with Gasteiger partial charge in [-0.3, -0.25) is 4.79 Å². The molecule has 120 valence electrons. The van der Waals surface area contributed by atoms with Crippen molar-refractivity contribution in [1.82, 2.24) is 25.6 Å². The molecule has 0 bridgehead atoms. The summed E-state index contributed by atoms with van der Waals surface area (Å²) in [5.41, 5.74) is 1.84. The van der Waals surface area contributed by atoms with Crippen LogP contribution < -0.4 is 4.74 Å². The van der Waals surface area contributed by atoms with E-state index in [1.165, 1.54) is 0 Å². The van der Waals surface area contributed by atoms with Crippen molar-refractivity contribution in [2.75, 3.05) is 13.7 Å². The Kier molecular flexibility index (Phi) is 4.22. The number of hydrogen-bond donors (Lipinski definition) is 2. The molecule has 0 spiro atoms. The summed E-state index contributed by atoms with van der Waals surface area (Å²) in [6.45, 7) is 2.11. The van der Waals surface area contributed by atoms with Gasteiger partial charge in [-0.1, -0.05) is 5.21 Å². The largest absolute Gasteiger partial charge is 0.497 e. The molecule has 1 aromatic carbocycles. The van der Waals surface area contributed by atoms with Gasteiger partial charge in [0.15, 0.2) is 5.82 Å². The van der Waals surface area contributed by atoms with Crippen LogP contribution in [0, 0.1) is 0 Å². The van der Waals surface area contributed by atoms with Crippen molar-refractivity contribution in [2.45, 2.75) is 19.3 Å². The van der Waals surface area contributed by atoms with Crippen LogP contribution in [0.3, 0.4) is 0 Å². The van der Waals surface area contributed by atoms with Gasteiger partial charge in [-0.15, -0.1) is 10.2 Å². The van der Waals surface area contributed by atoms with Crippen molar-refractivity contribution in [1.29, 1.82) is 0 Å². The van der Waals surface area contributed by atoms with Gasteiger partial charge in [0.2, 0.25) is 0 Å². The summed E-state index contributed by atoms with van der Waals surface area (Å²) in [5.74, 6) is 0.524. The lowest BCUT2D eigenvalue weighted by Gasteiger charge is -2.12. The van der Waals surface area contributed by atoms with Crippen molar-refractivity contribution < 1.29 is 14.3 Å². The molecule has 0 aliphatic heterocycles. The standard InChI is InChI=1S/C15H17N5O3/c1-3-23-14(21)7-11(15-17-19-20-18-15)12-8-16-13-5-4-9(22-2)6-10(12)13/h4-6,8,11,16H,3,7H2,1-2H3,(H,17,18,19,20). The quantitative estimate of drug-likeness (QED) is 0.672. The zero-order chi connectivity index (χ0) is 16.2. The molecule has 0 amide bonds. The van der Waals surface area contributed by atoms with Crippen LogP contribution in [0.25, 0.3) is 10.9 Å². The van der Waals surface area contributed by atoms with E-state index >= 15 is 0 Å². The number of esters is 1. The third-order valence-corrected chi connectivity index (χ3v) is 3.65. The maximum absolute atomic E-state index is 12.0. The molecule has 8 heteroatoms. The maximum Gasteiger partial charge on any atom is 0.306 e. The van der Waals surface area contributed by atoms with Gasteiger partial charge in [-0.05, 0) is 30.7 Å². The second-order valence-electron chi connectivity index (χ2n) is 4.99. The number of hydrogen-bond acceptors (Lipinski definition) is 6. The summed E-state index contributed by atoms with van der Waals surface area (Å²) in [5, 5.41) is 15.0. The summed E-state index contributed by atoms with van der Waals surface area (Å²) in [6, 6.07) is 5.71. The first kappa shape index (κ1) is 15.0. The highest BCUT2D eigenvalue weighted by Gasteiger charge is 2.25. The number of aromatic nitrogens is 5. The first-order chi connectivity index (χ1) is 11.2.